The second-order valence-corrected chi connectivity index (χ2v) is 13.5. The van der Waals surface area contributed by atoms with Crippen molar-refractivity contribution in [3.63, 3.8) is 0 Å². The minimum Gasteiger partial charge on any atom is -0.507 e. The first-order valence-corrected chi connectivity index (χ1v) is 17.2. The van der Waals surface area contributed by atoms with Gasteiger partial charge >= 0.3 is 0 Å². The molecule has 1 fully saturated rings. The fourth-order valence-electron chi connectivity index (χ4n) is 7.28. The Morgan fingerprint density at radius 1 is 0.979 bits per heavy atom. The van der Waals surface area contributed by atoms with Crippen LogP contribution in [0.2, 0.25) is 0 Å². The molecule has 0 saturated carbocycles. The Morgan fingerprint density at radius 2 is 1.74 bits per heavy atom. The molecule has 7 nitrogen and oxygen atoms in total. The molecule has 2 aliphatic rings. The standard InChI is InChI=1S/C39H41NO6S/c1-2-9-25(20-26-16-18-34(42)31-14-7-6-13-30(26)31)15-17-35(43)36-27(24-46-28-10-4-3-5-11-28)21-32-37(33(36)23-41)39(45)40(38(32)44)22-29-12-8-19-47-29/h3-8,10-14,16,18-20,32-33,35,37,41-43H,2,9,15,17,21-24H2,1H3/b25-20+/t32-,33+,35-,37-/m1/s1. The number of allylic oxidation sites excluding steroid dienone is 1. The number of aliphatic hydroxyl groups is 2. The van der Waals surface area contributed by atoms with Crippen LogP contribution in [0.1, 0.15) is 49.5 Å². The number of fused-ring (bicyclic) bond motifs is 2. The Hall–Kier alpha value is -4.24. The van der Waals surface area contributed by atoms with Crippen LogP contribution in [0.3, 0.4) is 0 Å². The molecule has 1 aliphatic carbocycles. The first-order valence-electron chi connectivity index (χ1n) is 16.4. The van der Waals surface area contributed by atoms with Crippen molar-refractivity contribution in [2.45, 2.75) is 51.7 Å². The molecule has 2 amide bonds. The number of carbonyl (C=O) groups is 2. The van der Waals surface area contributed by atoms with Crippen molar-refractivity contribution in [3.8, 4) is 11.5 Å². The number of thiophene rings is 1. The minimum absolute atomic E-state index is 0.152. The number of rotatable bonds is 13. The van der Waals surface area contributed by atoms with Gasteiger partial charge in [0.2, 0.25) is 11.8 Å². The van der Waals surface area contributed by atoms with E-state index in [9.17, 15) is 24.9 Å². The highest BCUT2D eigenvalue weighted by Gasteiger charge is 2.54. The van der Waals surface area contributed by atoms with Gasteiger partial charge in [-0.3, -0.25) is 14.5 Å². The molecule has 3 N–H and O–H groups in total. The summed E-state index contributed by atoms with van der Waals surface area (Å²) in [7, 11) is 0. The summed E-state index contributed by atoms with van der Waals surface area (Å²) in [6.45, 7) is 2.13. The molecule has 1 aromatic heterocycles. The van der Waals surface area contributed by atoms with E-state index in [-0.39, 0.29) is 37.3 Å². The minimum atomic E-state index is -0.937. The fraction of sp³-hybridized carbons (Fsp3) is 0.333. The van der Waals surface area contributed by atoms with Crippen LogP contribution >= 0.6 is 11.3 Å². The molecular formula is C39H41NO6S. The zero-order valence-corrected chi connectivity index (χ0v) is 27.4. The van der Waals surface area contributed by atoms with Crippen LogP contribution in [0.4, 0.5) is 0 Å². The fourth-order valence-corrected chi connectivity index (χ4v) is 7.97. The molecule has 0 spiro atoms. The second kappa shape index (κ2) is 14.7. The number of carbonyl (C=O) groups excluding carboxylic acids is 2. The van der Waals surface area contributed by atoms with E-state index in [1.807, 2.05) is 78.2 Å². The summed E-state index contributed by atoms with van der Waals surface area (Å²) in [5, 5.41) is 36.7. The van der Waals surface area contributed by atoms with Gasteiger partial charge < -0.3 is 20.1 Å². The van der Waals surface area contributed by atoms with Crippen molar-refractivity contribution in [1.82, 2.24) is 4.90 Å². The average molecular weight is 652 g/mol. The number of aliphatic hydroxyl groups excluding tert-OH is 2. The van der Waals surface area contributed by atoms with Gasteiger partial charge in [-0.2, -0.15) is 0 Å². The predicted octanol–water partition coefficient (Wildman–Crippen LogP) is 7.12. The van der Waals surface area contributed by atoms with Crippen molar-refractivity contribution < 1.29 is 29.6 Å². The lowest BCUT2D eigenvalue weighted by atomic mass is 9.68. The Labute approximate surface area is 279 Å². The van der Waals surface area contributed by atoms with Crippen LogP contribution in [-0.2, 0) is 16.1 Å². The molecule has 47 heavy (non-hydrogen) atoms. The second-order valence-electron chi connectivity index (χ2n) is 12.5. The third-order valence-corrected chi connectivity index (χ3v) is 10.3. The SMILES string of the molecule is CCC/C(=C\c1ccc(O)c2ccccc12)CC[C@@H](O)C1=C(COc2ccccc2)C[C@H]2C(=O)N(Cc3cccs3)C(=O)[C@H]2[C@H]1CO. The van der Waals surface area contributed by atoms with E-state index in [4.69, 9.17) is 4.74 Å². The van der Waals surface area contributed by atoms with Crippen molar-refractivity contribution in [2.75, 3.05) is 13.2 Å². The number of amides is 2. The summed E-state index contributed by atoms with van der Waals surface area (Å²) in [6.07, 6.45) is 4.26. The largest absolute Gasteiger partial charge is 0.507 e. The summed E-state index contributed by atoms with van der Waals surface area (Å²) in [6, 6.07) is 24.6. The van der Waals surface area contributed by atoms with E-state index in [0.29, 0.717) is 30.6 Å². The molecular weight excluding hydrogens is 610 g/mol. The summed E-state index contributed by atoms with van der Waals surface area (Å²) < 4.78 is 6.14. The average Bonchev–Trinajstić information content (AvgIpc) is 3.70. The molecule has 4 aromatic rings. The van der Waals surface area contributed by atoms with Gasteiger partial charge in [0.25, 0.3) is 0 Å². The van der Waals surface area contributed by atoms with Crippen LogP contribution in [0, 0.1) is 17.8 Å². The van der Waals surface area contributed by atoms with Crippen LogP contribution in [0.5, 0.6) is 11.5 Å². The van der Waals surface area contributed by atoms with E-state index in [2.05, 4.69) is 13.0 Å². The van der Waals surface area contributed by atoms with Crippen molar-refractivity contribution in [2.24, 2.45) is 17.8 Å². The van der Waals surface area contributed by atoms with Gasteiger partial charge in [-0.1, -0.05) is 79.6 Å². The van der Waals surface area contributed by atoms with Crippen LogP contribution < -0.4 is 4.74 Å². The maximum atomic E-state index is 13.8. The quantitative estimate of drug-likeness (QED) is 0.105. The Morgan fingerprint density at radius 3 is 2.47 bits per heavy atom. The van der Waals surface area contributed by atoms with E-state index in [1.165, 1.54) is 16.2 Å². The highest BCUT2D eigenvalue weighted by molar-refractivity contribution is 7.09. The molecule has 4 atom stereocenters. The molecule has 1 aliphatic heterocycles. The van der Waals surface area contributed by atoms with Gasteiger partial charge in [0.1, 0.15) is 18.1 Å². The number of hydrogen-bond donors (Lipinski definition) is 3. The Kier molecular flexibility index (Phi) is 10.2. The molecule has 2 heterocycles. The van der Waals surface area contributed by atoms with E-state index in [1.54, 1.807) is 6.07 Å². The molecule has 1 saturated heterocycles. The number of imide groups is 1. The lowest BCUT2D eigenvalue weighted by Gasteiger charge is -2.36. The highest BCUT2D eigenvalue weighted by atomic mass is 32.1. The summed E-state index contributed by atoms with van der Waals surface area (Å²) in [5.74, 6) is -1.64. The maximum absolute atomic E-state index is 13.8. The van der Waals surface area contributed by atoms with E-state index >= 15 is 0 Å². The molecule has 244 valence electrons. The van der Waals surface area contributed by atoms with Gasteiger partial charge in [0, 0.05) is 16.2 Å². The summed E-state index contributed by atoms with van der Waals surface area (Å²) in [4.78, 5) is 29.8. The molecule has 6 rings (SSSR count). The Bertz CT molecular complexity index is 1780. The summed E-state index contributed by atoms with van der Waals surface area (Å²) in [5.41, 5.74) is 3.55. The van der Waals surface area contributed by atoms with Gasteiger partial charge in [-0.25, -0.2) is 0 Å². The van der Waals surface area contributed by atoms with Crippen LogP contribution in [0.15, 0.2) is 101 Å². The van der Waals surface area contributed by atoms with Gasteiger partial charge in [0.15, 0.2) is 0 Å². The third kappa shape index (κ3) is 6.91. The molecule has 0 radical (unpaired) electrons. The van der Waals surface area contributed by atoms with Gasteiger partial charge in [-0.05, 0) is 77.4 Å². The van der Waals surface area contributed by atoms with Crippen LogP contribution in [-0.4, -0.2) is 51.4 Å². The van der Waals surface area contributed by atoms with Gasteiger partial charge in [0.05, 0.1) is 31.1 Å². The zero-order chi connectivity index (χ0) is 32.9. The number of nitrogens with zero attached hydrogens (tertiary/aromatic N) is 1. The van der Waals surface area contributed by atoms with Crippen molar-refractivity contribution in [1.29, 1.82) is 0 Å². The van der Waals surface area contributed by atoms with Crippen molar-refractivity contribution >= 4 is 40.0 Å². The number of para-hydroxylation sites is 1. The van der Waals surface area contributed by atoms with E-state index in [0.717, 1.165) is 45.2 Å². The predicted molar refractivity (Wildman–Crippen MR) is 185 cm³/mol. The zero-order valence-electron chi connectivity index (χ0n) is 26.5. The molecule has 0 unspecified atom stereocenters. The maximum Gasteiger partial charge on any atom is 0.234 e. The number of phenols is 1. The topological polar surface area (TPSA) is 107 Å². The monoisotopic (exact) mass is 651 g/mol. The molecule has 8 heteroatoms. The normalized spacial score (nSPS) is 20.6. The number of phenolic OH excluding ortho intramolecular Hbond substituents is 1. The molecule has 0 bridgehead atoms. The number of likely N-dealkylation sites (tertiary alicyclic amines) is 1. The first kappa shape index (κ1) is 32.7. The van der Waals surface area contributed by atoms with E-state index < -0.39 is 23.9 Å². The number of hydrogen-bond acceptors (Lipinski definition) is 7. The number of ether oxygens (including phenoxy) is 1. The number of aromatic hydroxyl groups is 1. The molecule has 3 aromatic carbocycles. The van der Waals surface area contributed by atoms with Crippen molar-refractivity contribution in [3.05, 3.63) is 111 Å². The Balaban J connectivity index is 1.29. The first-order chi connectivity index (χ1) is 22.9. The lowest BCUT2D eigenvalue weighted by Crippen LogP contribution is -2.40. The number of benzene rings is 3. The summed E-state index contributed by atoms with van der Waals surface area (Å²) >= 11 is 1.50. The lowest BCUT2D eigenvalue weighted by molar-refractivity contribution is -0.140. The third-order valence-electron chi connectivity index (χ3n) is 9.49. The highest BCUT2D eigenvalue weighted by Crippen LogP contribution is 2.47. The van der Waals surface area contributed by atoms with Gasteiger partial charge in [-0.15, -0.1) is 11.3 Å². The smallest absolute Gasteiger partial charge is 0.234 e. The van der Waals surface area contributed by atoms with Crippen LogP contribution in [0.25, 0.3) is 16.8 Å².